The molecule has 0 radical (unpaired) electrons. The van der Waals surface area contributed by atoms with Gasteiger partial charge in [0.2, 0.25) is 11.8 Å². The summed E-state index contributed by atoms with van der Waals surface area (Å²) in [7, 11) is 0. The fraction of sp³-hybridized carbons (Fsp3) is 0.571. The molecule has 3 aliphatic rings. The summed E-state index contributed by atoms with van der Waals surface area (Å²) in [5.41, 5.74) is 3.50. The number of benzene rings is 1. The van der Waals surface area contributed by atoms with Gasteiger partial charge in [-0.1, -0.05) is 58.0 Å². The number of carbonyl (C=O) groups excluding carboxylic acids is 3. The lowest BCUT2D eigenvalue weighted by molar-refractivity contribution is -0.134. The van der Waals surface area contributed by atoms with Crippen LogP contribution in [0, 0.1) is 16.7 Å². The lowest BCUT2D eigenvalue weighted by Gasteiger charge is -2.29. The summed E-state index contributed by atoms with van der Waals surface area (Å²) in [5.74, 6) is -0.0214. The molecule has 1 N–H and O–H groups in total. The van der Waals surface area contributed by atoms with E-state index < -0.39 is 0 Å². The normalized spacial score (nSPS) is 20.9. The summed E-state index contributed by atoms with van der Waals surface area (Å²) >= 11 is 0. The number of amides is 3. The van der Waals surface area contributed by atoms with Crippen molar-refractivity contribution in [2.24, 2.45) is 16.7 Å². The van der Waals surface area contributed by atoms with E-state index in [1.165, 1.54) is 5.56 Å². The first-order valence-corrected chi connectivity index (χ1v) is 13.1. The Balaban J connectivity index is 1.42. The maximum Gasteiger partial charge on any atom is 0.274 e. The minimum atomic E-state index is -0.150. The molecule has 0 bridgehead atoms. The lowest BCUT2D eigenvalue weighted by Crippen LogP contribution is -2.40. The predicted octanol–water partition coefficient (Wildman–Crippen LogP) is 2.65. The van der Waals surface area contributed by atoms with Crippen LogP contribution in [0.1, 0.15) is 61.4 Å². The molecule has 2 aromatic rings. The van der Waals surface area contributed by atoms with Crippen LogP contribution in [0.2, 0.25) is 0 Å². The molecule has 3 amide bonds. The van der Waals surface area contributed by atoms with Crippen molar-refractivity contribution in [3.8, 4) is 0 Å². The second kappa shape index (κ2) is 9.05. The van der Waals surface area contributed by atoms with Crippen LogP contribution in [0.15, 0.2) is 30.3 Å². The van der Waals surface area contributed by atoms with Crippen LogP contribution in [-0.4, -0.2) is 63.5 Å². The second-order valence-electron chi connectivity index (χ2n) is 11.5. The number of nitrogens with one attached hydrogen (secondary N) is 1. The van der Waals surface area contributed by atoms with Crippen molar-refractivity contribution in [1.82, 2.24) is 24.9 Å². The average Bonchev–Trinajstić information content (AvgIpc) is 3.15. The van der Waals surface area contributed by atoms with Crippen molar-refractivity contribution >= 4 is 17.7 Å². The van der Waals surface area contributed by atoms with E-state index in [-0.39, 0.29) is 34.5 Å². The Bertz CT molecular complexity index is 1170. The van der Waals surface area contributed by atoms with Gasteiger partial charge in [-0.3, -0.25) is 19.1 Å². The highest BCUT2D eigenvalue weighted by Gasteiger charge is 2.68. The standard InChI is InChI=1S/C28H37N5O3/c1-27(2)24(28(27,3)4)26(36)32-14-11-21-20(18-32)23(25(35)31-15-12-22(34)29-13-17-31)30-33(21)16-10-19-8-6-5-7-9-19/h5-9,24H,10-18H2,1-4H3,(H,29,34). The van der Waals surface area contributed by atoms with E-state index in [9.17, 15) is 14.4 Å². The van der Waals surface area contributed by atoms with Gasteiger partial charge in [-0.05, 0) is 22.8 Å². The Kier molecular flexibility index (Phi) is 6.17. The summed E-state index contributed by atoms with van der Waals surface area (Å²) in [5, 5.41) is 7.66. The van der Waals surface area contributed by atoms with Crippen LogP contribution < -0.4 is 5.32 Å². The van der Waals surface area contributed by atoms with E-state index >= 15 is 0 Å². The van der Waals surface area contributed by atoms with Gasteiger partial charge < -0.3 is 15.1 Å². The Morgan fingerprint density at radius 2 is 1.69 bits per heavy atom. The quantitative estimate of drug-likeness (QED) is 0.697. The number of nitrogens with zero attached hydrogens (tertiary/aromatic N) is 4. The topological polar surface area (TPSA) is 87.5 Å². The third kappa shape index (κ3) is 4.20. The van der Waals surface area contributed by atoms with E-state index in [2.05, 4.69) is 45.1 Å². The summed E-state index contributed by atoms with van der Waals surface area (Å²) in [6.45, 7) is 11.7. The average molecular weight is 492 g/mol. The first-order valence-electron chi connectivity index (χ1n) is 13.1. The smallest absolute Gasteiger partial charge is 0.274 e. The Morgan fingerprint density at radius 3 is 2.39 bits per heavy atom. The van der Waals surface area contributed by atoms with Crippen LogP contribution in [0.25, 0.3) is 0 Å². The van der Waals surface area contributed by atoms with E-state index in [1.54, 1.807) is 4.90 Å². The van der Waals surface area contributed by atoms with Crippen molar-refractivity contribution < 1.29 is 14.4 Å². The van der Waals surface area contributed by atoms with Crippen molar-refractivity contribution in [2.75, 3.05) is 26.2 Å². The maximum atomic E-state index is 13.7. The largest absolute Gasteiger partial charge is 0.354 e. The number of carbonyl (C=O) groups is 3. The molecule has 2 aliphatic heterocycles. The zero-order valence-electron chi connectivity index (χ0n) is 21.8. The molecule has 1 aliphatic carbocycles. The van der Waals surface area contributed by atoms with Crippen molar-refractivity contribution in [1.29, 1.82) is 0 Å². The molecular formula is C28H37N5O3. The van der Waals surface area contributed by atoms with Crippen molar-refractivity contribution in [3.05, 3.63) is 52.8 Å². The molecule has 0 spiro atoms. The zero-order valence-corrected chi connectivity index (χ0v) is 21.8. The fourth-order valence-corrected chi connectivity index (χ4v) is 6.03. The van der Waals surface area contributed by atoms with Crippen LogP contribution in [0.3, 0.4) is 0 Å². The lowest BCUT2D eigenvalue weighted by atomic mass is 10.0. The van der Waals surface area contributed by atoms with Gasteiger partial charge in [0.1, 0.15) is 0 Å². The number of aryl methyl sites for hydroxylation is 2. The minimum Gasteiger partial charge on any atom is -0.354 e. The highest BCUT2D eigenvalue weighted by atomic mass is 16.2. The summed E-state index contributed by atoms with van der Waals surface area (Å²) < 4.78 is 1.98. The maximum absolute atomic E-state index is 13.7. The third-order valence-corrected chi connectivity index (χ3v) is 8.97. The SMILES string of the molecule is CC1(C)C(C(=O)N2CCc3c(c(C(=O)N4CCNC(=O)CC4)nn3CCc3ccccc3)C2)C1(C)C. The summed E-state index contributed by atoms with van der Waals surface area (Å²) in [6, 6.07) is 10.3. The first-order chi connectivity index (χ1) is 17.1. The van der Waals surface area contributed by atoms with E-state index in [4.69, 9.17) is 5.10 Å². The number of fused-ring (bicyclic) bond motifs is 1. The number of hydrogen-bond donors (Lipinski definition) is 1. The molecule has 5 rings (SSSR count). The van der Waals surface area contributed by atoms with Gasteiger partial charge in [0, 0.05) is 69.3 Å². The Morgan fingerprint density at radius 1 is 1.00 bits per heavy atom. The van der Waals surface area contributed by atoms with E-state index in [0.29, 0.717) is 57.8 Å². The molecule has 192 valence electrons. The predicted molar refractivity (Wildman–Crippen MR) is 136 cm³/mol. The fourth-order valence-electron chi connectivity index (χ4n) is 6.03. The highest BCUT2D eigenvalue weighted by Crippen LogP contribution is 2.68. The van der Waals surface area contributed by atoms with Gasteiger partial charge in [-0.2, -0.15) is 5.10 Å². The van der Waals surface area contributed by atoms with Crippen LogP contribution >= 0.6 is 0 Å². The van der Waals surface area contributed by atoms with Gasteiger partial charge in [0.25, 0.3) is 5.91 Å². The van der Waals surface area contributed by atoms with Gasteiger partial charge in [-0.25, -0.2) is 0 Å². The molecule has 2 fully saturated rings. The molecule has 1 aromatic carbocycles. The summed E-state index contributed by atoms with van der Waals surface area (Å²) in [4.78, 5) is 42.7. The third-order valence-electron chi connectivity index (χ3n) is 8.97. The molecule has 1 saturated heterocycles. The van der Waals surface area contributed by atoms with Gasteiger partial charge in [0.15, 0.2) is 5.69 Å². The molecule has 1 aromatic heterocycles. The highest BCUT2D eigenvalue weighted by molar-refractivity contribution is 5.95. The zero-order chi connectivity index (χ0) is 25.7. The van der Waals surface area contributed by atoms with Crippen molar-refractivity contribution in [2.45, 2.75) is 60.0 Å². The number of hydrogen-bond acceptors (Lipinski definition) is 4. The Hall–Kier alpha value is -3.16. The molecular weight excluding hydrogens is 454 g/mol. The minimum absolute atomic E-state index is 0.0125. The van der Waals surface area contributed by atoms with Gasteiger partial charge in [-0.15, -0.1) is 0 Å². The van der Waals surface area contributed by atoms with E-state index in [1.807, 2.05) is 27.8 Å². The van der Waals surface area contributed by atoms with Gasteiger partial charge in [0.05, 0.1) is 0 Å². The monoisotopic (exact) mass is 491 g/mol. The number of aromatic nitrogens is 2. The van der Waals surface area contributed by atoms with Crippen LogP contribution in [-0.2, 0) is 35.5 Å². The molecule has 1 saturated carbocycles. The van der Waals surface area contributed by atoms with Gasteiger partial charge >= 0.3 is 0 Å². The molecule has 8 heteroatoms. The molecule has 8 nitrogen and oxygen atoms in total. The first kappa shape index (κ1) is 24.5. The molecule has 0 atom stereocenters. The molecule has 3 heterocycles. The summed E-state index contributed by atoms with van der Waals surface area (Å²) in [6.07, 6.45) is 1.79. The Labute approximate surface area is 213 Å². The van der Waals surface area contributed by atoms with Crippen LogP contribution in [0.4, 0.5) is 0 Å². The van der Waals surface area contributed by atoms with Crippen LogP contribution in [0.5, 0.6) is 0 Å². The number of rotatable bonds is 5. The van der Waals surface area contributed by atoms with Crippen molar-refractivity contribution in [3.63, 3.8) is 0 Å². The molecule has 0 unspecified atom stereocenters. The second-order valence-corrected chi connectivity index (χ2v) is 11.5. The van der Waals surface area contributed by atoms with E-state index in [0.717, 1.165) is 17.7 Å². The molecule has 36 heavy (non-hydrogen) atoms.